The Balaban J connectivity index is 2.76. The van der Waals surface area contributed by atoms with E-state index in [1.54, 1.807) is 32.3 Å². The van der Waals surface area contributed by atoms with Crippen LogP contribution in [0, 0.1) is 0 Å². The zero-order valence-corrected chi connectivity index (χ0v) is 10.9. The molecular weight excluding hydrogens is 252 g/mol. The zero-order valence-electron chi connectivity index (χ0n) is 10.0. The van der Waals surface area contributed by atoms with Crippen molar-refractivity contribution in [3.63, 3.8) is 0 Å². The Morgan fingerprint density at radius 1 is 1.39 bits per heavy atom. The van der Waals surface area contributed by atoms with E-state index in [9.17, 15) is 4.79 Å². The first-order valence-corrected chi connectivity index (χ1v) is 5.89. The molecule has 1 rings (SSSR count). The molecule has 0 aromatic carbocycles. The van der Waals surface area contributed by atoms with Crippen molar-refractivity contribution in [3.05, 3.63) is 34.9 Å². The normalized spacial score (nSPS) is 12.9. The molecule has 18 heavy (non-hydrogen) atoms. The Hall–Kier alpha value is -1.93. The fourth-order valence-electron chi connectivity index (χ4n) is 1.05. The second-order valence-electron chi connectivity index (χ2n) is 3.34. The van der Waals surface area contributed by atoms with Crippen LogP contribution in [0.3, 0.4) is 0 Å². The predicted molar refractivity (Wildman–Crippen MR) is 71.1 cm³/mol. The van der Waals surface area contributed by atoms with Crippen LogP contribution in [-0.4, -0.2) is 21.6 Å². The van der Waals surface area contributed by atoms with Gasteiger partial charge in [-0.2, -0.15) is 5.10 Å². The number of carbonyl (C=O) groups is 1. The van der Waals surface area contributed by atoms with Gasteiger partial charge < -0.3 is 5.73 Å². The minimum atomic E-state index is -0.460. The summed E-state index contributed by atoms with van der Waals surface area (Å²) in [6.45, 7) is 3.27. The van der Waals surface area contributed by atoms with Crippen LogP contribution in [-0.2, 0) is 4.79 Å². The fourth-order valence-corrected chi connectivity index (χ4v) is 1.39. The molecule has 0 aliphatic carbocycles. The third kappa shape index (κ3) is 3.82. The van der Waals surface area contributed by atoms with Crippen LogP contribution < -0.4 is 16.3 Å². The lowest BCUT2D eigenvalue weighted by Gasteiger charge is -2.04. The van der Waals surface area contributed by atoms with Crippen LogP contribution in [0.5, 0.6) is 0 Å². The smallest absolute Gasteiger partial charge is 0.280 e. The molecule has 1 heterocycles. The summed E-state index contributed by atoms with van der Waals surface area (Å²) in [4.78, 5) is 19.9. The molecule has 0 spiro atoms. The van der Waals surface area contributed by atoms with Gasteiger partial charge in [-0.1, -0.05) is 0 Å². The van der Waals surface area contributed by atoms with Crippen LogP contribution in [0.4, 0.5) is 0 Å². The topological polar surface area (TPSA) is 119 Å². The van der Waals surface area contributed by atoms with Gasteiger partial charge in [-0.25, -0.2) is 15.4 Å². The van der Waals surface area contributed by atoms with Gasteiger partial charge in [0.2, 0.25) is 0 Å². The van der Waals surface area contributed by atoms with Gasteiger partial charge in [-0.05, 0) is 31.9 Å². The molecule has 0 aliphatic rings. The Morgan fingerprint density at radius 2 is 2.00 bits per heavy atom. The molecule has 1 amide bonds. The van der Waals surface area contributed by atoms with Crippen molar-refractivity contribution in [2.75, 3.05) is 0 Å². The number of nitrogens with one attached hydrogen (secondary N) is 1. The maximum Gasteiger partial charge on any atom is 0.280 e. The molecule has 96 valence electrons. The molecule has 5 N–H and O–H groups in total. The van der Waals surface area contributed by atoms with Gasteiger partial charge in [0.25, 0.3) is 5.91 Å². The maximum absolute atomic E-state index is 11.7. The van der Waals surface area contributed by atoms with E-state index in [4.69, 9.17) is 10.9 Å². The molecule has 8 heteroatoms. The third-order valence-electron chi connectivity index (χ3n) is 1.90. The second-order valence-corrected chi connectivity index (χ2v) is 3.98. The van der Waals surface area contributed by atoms with Crippen molar-refractivity contribution < 1.29 is 4.79 Å². The van der Waals surface area contributed by atoms with E-state index in [-0.39, 0.29) is 4.91 Å². The molecular formula is C10H14N6OS. The van der Waals surface area contributed by atoms with Crippen molar-refractivity contribution in [2.45, 2.75) is 13.8 Å². The minimum Gasteiger partial charge on any atom is -0.401 e. The van der Waals surface area contributed by atoms with Crippen molar-refractivity contribution in [1.82, 2.24) is 15.4 Å². The average Bonchev–Trinajstić information content (AvgIpc) is 2.37. The van der Waals surface area contributed by atoms with Gasteiger partial charge in [0.15, 0.2) is 5.82 Å². The van der Waals surface area contributed by atoms with Gasteiger partial charge in [0, 0.05) is 18.1 Å². The number of nitrogens with two attached hydrogens (primary N) is 2. The number of amides is 1. The number of carbonyl (C=O) groups excluding carboxylic acids is 1. The van der Waals surface area contributed by atoms with Crippen molar-refractivity contribution >= 4 is 23.6 Å². The van der Waals surface area contributed by atoms with Gasteiger partial charge in [0.1, 0.15) is 10.6 Å². The summed E-state index contributed by atoms with van der Waals surface area (Å²) in [7, 11) is 0. The van der Waals surface area contributed by atoms with Crippen LogP contribution in [0.1, 0.15) is 19.7 Å². The Morgan fingerprint density at radius 3 is 2.50 bits per heavy atom. The zero-order chi connectivity index (χ0) is 13.5. The van der Waals surface area contributed by atoms with E-state index < -0.39 is 5.91 Å². The molecule has 0 atom stereocenters. The summed E-state index contributed by atoms with van der Waals surface area (Å²) in [5.41, 5.74) is 8.68. The van der Waals surface area contributed by atoms with E-state index in [0.717, 1.165) is 11.9 Å². The highest BCUT2D eigenvalue weighted by atomic mass is 32.2. The molecule has 0 unspecified atom stereocenters. The van der Waals surface area contributed by atoms with Gasteiger partial charge in [-0.3, -0.25) is 9.93 Å². The van der Waals surface area contributed by atoms with E-state index in [0.29, 0.717) is 17.2 Å². The number of hydrogen-bond donors (Lipinski definition) is 3. The monoisotopic (exact) mass is 266 g/mol. The number of nitrogens with zero attached hydrogens (tertiary/aromatic N) is 3. The second kappa shape index (κ2) is 6.72. The van der Waals surface area contributed by atoms with Crippen LogP contribution in [0.25, 0.3) is 0 Å². The first-order valence-electron chi connectivity index (χ1n) is 5.01. The first-order chi connectivity index (χ1) is 8.56. The van der Waals surface area contributed by atoms with E-state index >= 15 is 0 Å². The Kier molecular flexibility index (Phi) is 5.28. The summed E-state index contributed by atoms with van der Waals surface area (Å²) in [6, 6.07) is 1.69. The standard InChI is InChI=1S/C10H14N6OS/c1-6(11)8(18-12)10(17)16-15-7(2)9-13-4-3-5-14-9/h3-5H,11-12H2,1-2H3,(H,16,17)/b8-6-,15-7+. The lowest BCUT2D eigenvalue weighted by atomic mass is 10.4. The van der Waals surface area contributed by atoms with Crippen molar-refractivity contribution in [3.8, 4) is 0 Å². The SMILES string of the molecule is C/C(N)=C(/SN)C(=O)N/N=C(\C)c1ncccn1. The fraction of sp³-hybridized carbons (Fsp3) is 0.200. The average molecular weight is 266 g/mol. The van der Waals surface area contributed by atoms with Crippen LogP contribution >= 0.6 is 11.9 Å². The molecule has 0 radical (unpaired) electrons. The highest BCUT2D eigenvalue weighted by molar-refractivity contribution is 8.01. The molecule has 0 aliphatic heterocycles. The number of allylic oxidation sites excluding steroid dienone is 1. The van der Waals surface area contributed by atoms with Crippen molar-refractivity contribution in [1.29, 1.82) is 0 Å². The summed E-state index contributed by atoms with van der Waals surface area (Å²) in [5.74, 6) is -0.0222. The highest BCUT2D eigenvalue weighted by Crippen LogP contribution is 2.10. The number of hydrazone groups is 1. The summed E-state index contributed by atoms with van der Waals surface area (Å²) in [6.07, 6.45) is 3.18. The Labute approximate surface area is 109 Å². The van der Waals surface area contributed by atoms with Crippen LogP contribution in [0.15, 0.2) is 34.2 Å². The van der Waals surface area contributed by atoms with Gasteiger partial charge in [0.05, 0.1) is 0 Å². The summed E-state index contributed by atoms with van der Waals surface area (Å²) < 4.78 is 0. The van der Waals surface area contributed by atoms with Gasteiger partial charge in [-0.15, -0.1) is 0 Å². The van der Waals surface area contributed by atoms with Crippen molar-refractivity contribution in [2.24, 2.45) is 16.0 Å². The third-order valence-corrected chi connectivity index (χ3v) is 2.64. The highest BCUT2D eigenvalue weighted by Gasteiger charge is 2.10. The largest absolute Gasteiger partial charge is 0.401 e. The molecule has 0 saturated carbocycles. The van der Waals surface area contributed by atoms with E-state index in [2.05, 4.69) is 20.5 Å². The van der Waals surface area contributed by atoms with Gasteiger partial charge >= 0.3 is 0 Å². The summed E-state index contributed by atoms with van der Waals surface area (Å²) in [5, 5.41) is 9.22. The maximum atomic E-state index is 11.7. The number of aromatic nitrogens is 2. The molecule has 0 saturated heterocycles. The summed E-state index contributed by atoms with van der Waals surface area (Å²) >= 11 is 0.776. The minimum absolute atomic E-state index is 0.223. The Bertz CT molecular complexity index is 480. The predicted octanol–water partition coefficient (Wildman–Crippen LogP) is 0.114. The lowest BCUT2D eigenvalue weighted by Crippen LogP contribution is -2.23. The molecule has 7 nitrogen and oxygen atoms in total. The number of rotatable bonds is 4. The van der Waals surface area contributed by atoms with E-state index in [1.807, 2.05) is 0 Å². The lowest BCUT2D eigenvalue weighted by molar-refractivity contribution is -0.116. The quantitative estimate of drug-likeness (QED) is 0.308. The molecule has 1 aromatic heterocycles. The number of hydrogen-bond acceptors (Lipinski definition) is 7. The molecule has 1 aromatic rings. The molecule has 0 fully saturated rings. The van der Waals surface area contributed by atoms with Crippen LogP contribution in [0.2, 0.25) is 0 Å². The first kappa shape index (κ1) is 14.1. The van der Waals surface area contributed by atoms with E-state index in [1.165, 1.54) is 0 Å². The molecule has 0 bridgehead atoms.